The number of amides is 2. The van der Waals surface area contributed by atoms with E-state index in [1.165, 1.54) is 33.8 Å². The predicted octanol–water partition coefficient (Wildman–Crippen LogP) is 6.88. The third kappa shape index (κ3) is 4.17. The number of methoxy groups -OCH3 is 2. The Morgan fingerprint density at radius 1 is 1.00 bits per heavy atom. The molecular formula is C30H31N3O3S. The molecule has 0 radical (unpaired) electrons. The van der Waals surface area contributed by atoms with E-state index in [-0.39, 0.29) is 12.1 Å². The normalized spacial score (nSPS) is 16.3. The molecule has 4 aromatic rings. The monoisotopic (exact) mass is 513 g/mol. The molecule has 1 aliphatic heterocycles. The first-order valence-corrected chi connectivity index (χ1v) is 13.6. The van der Waals surface area contributed by atoms with Crippen molar-refractivity contribution in [2.45, 2.75) is 45.2 Å². The molecule has 0 spiro atoms. The van der Waals surface area contributed by atoms with E-state index in [0.717, 1.165) is 35.4 Å². The van der Waals surface area contributed by atoms with Crippen molar-refractivity contribution in [2.75, 3.05) is 19.5 Å². The molecule has 0 bridgehead atoms. The van der Waals surface area contributed by atoms with Gasteiger partial charge in [-0.25, -0.2) is 4.79 Å². The predicted molar refractivity (Wildman–Crippen MR) is 147 cm³/mol. The van der Waals surface area contributed by atoms with Crippen LogP contribution in [0.3, 0.4) is 0 Å². The fourth-order valence-electron chi connectivity index (χ4n) is 5.63. The van der Waals surface area contributed by atoms with Gasteiger partial charge in [-0.3, -0.25) is 0 Å². The number of aryl methyl sites for hydroxylation is 2. The molecule has 0 saturated carbocycles. The average Bonchev–Trinajstić information content (AvgIpc) is 3.51. The van der Waals surface area contributed by atoms with Crippen LogP contribution in [-0.4, -0.2) is 29.7 Å². The van der Waals surface area contributed by atoms with E-state index in [2.05, 4.69) is 40.3 Å². The summed E-state index contributed by atoms with van der Waals surface area (Å²) in [6, 6.07) is 17.7. The SMILES string of the molecule is COc1ccc([C@@H]2c3cccn3-c3sc4c(c3CN2C(=O)Nc2cc(C)ccc2OC)CCCC4)cc1. The van der Waals surface area contributed by atoms with Crippen LogP contribution in [0.25, 0.3) is 5.00 Å². The number of hydrogen-bond acceptors (Lipinski definition) is 4. The molecule has 190 valence electrons. The lowest BCUT2D eigenvalue weighted by Crippen LogP contribution is -2.38. The van der Waals surface area contributed by atoms with Gasteiger partial charge in [0.05, 0.1) is 38.2 Å². The minimum Gasteiger partial charge on any atom is -0.497 e. The van der Waals surface area contributed by atoms with E-state index in [1.54, 1.807) is 14.2 Å². The number of anilines is 1. The number of fused-ring (bicyclic) bond motifs is 5. The Kier molecular flexibility index (Phi) is 6.16. The Morgan fingerprint density at radius 2 is 1.81 bits per heavy atom. The van der Waals surface area contributed by atoms with Gasteiger partial charge in [0.25, 0.3) is 0 Å². The molecule has 0 fully saturated rings. The van der Waals surface area contributed by atoms with E-state index in [9.17, 15) is 4.79 Å². The second-order valence-corrected chi connectivity index (χ2v) is 10.8. The van der Waals surface area contributed by atoms with Gasteiger partial charge >= 0.3 is 6.03 Å². The fraction of sp³-hybridized carbons (Fsp3) is 0.300. The molecule has 2 amide bonds. The van der Waals surface area contributed by atoms with Crippen molar-refractivity contribution >= 4 is 23.1 Å². The number of carbonyl (C=O) groups excluding carboxylic acids is 1. The van der Waals surface area contributed by atoms with Gasteiger partial charge in [-0.1, -0.05) is 18.2 Å². The lowest BCUT2D eigenvalue weighted by molar-refractivity contribution is 0.194. The van der Waals surface area contributed by atoms with Crippen LogP contribution in [0.1, 0.15) is 51.7 Å². The molecule has 2 aromatic heterocycles. The van der Waals surface area contributed by atoms with Gasteiger partial charge in [0.2, 0.25) is 0 Å². The Balaban J connectivity index is 1.49. The van der Waals surface area contributed by atoms with Crippen LogP contribution in [0, 0.1) is 6.92 Å². The topological polar surface area (TPSA) is 55.7 Å². The zero-order chi connectivity index (χ0) is 25.5. The molecule has 0 unspecified atom stereocenters. The van der Waals surface area contributed by atoms with Crippen molar-refractivity contribution in [2.24, 2.45) is 0 Å². The van der Waals surface area contributed by atoms with E-state index < -0.39 is 0 Å². The minimum absolute atomic E-state index is 0.152. The smallest absolute Gasteiger partial charge is 0.323 e. The first-order valence-electron chi connectivity index (χ1n) is 12.7. The number of rotatable bonds is 4. The molecule has 0 saturated heterocycles. The molecule has 1 aliphatic carbocycles. The van der Waals surface area contributed by atoms with Gasteiger partial charge in [0.15, 0.2) is 0 Å². The van der Waals surface area contributed by atoms with E-state index >= 15 is 0 Å². The second kappa shape index (κ2) is 9.63. The zero-order valence-corrected chi connectivity index (χ0v) is 22.2. The molecule has 3 heterocycles. The maximum absolute atomic E-state index is 14.2. The van der Waals surface area contributed by atoms with Crippen LogP contribution in [0.5, 0.6) is 11.5 Å². The van der Waals surface area contributed by atoms with Crippen LogP contribution < -0.4 is 14.8 Å². The highest BCUT2D eigenvalue weighted by Gasteiger charge is 2.36. The summed E-state index contributed by atoms with van der Waals surface area (Å²) in [7, 11) is 3.30. The van der Waals surface area contributed by atoms with Crippen molar-refractivity contribution in [3.05, 3.63) is 93.6 Å². The van der Waals surface area contributed by atoms with Gasteiger partial charge in [0.1, 0.15) is 16.5 Å². The molecule has 2 aliphatic rings. The summed E-state index contributed by atoms with van der Waals surface area (Å²) < 4.78 is 13.3. The first-order chi connectivity index (χ1) is 18.1. The van der Waals surface area contributed by atoms with E-state index in [1.807, 2.05) is 53.5 Å². The van der Waals surface area contributed by atoms with E-state index in [4.69, 9.17) is 9.47 Å². The number of ether oxygens (including phenoxy) is 2. The summed E-state index contributed by atoms with van der Waals surface area (Å²) in [4.78, 5) is 17.6. The zero-order valence-electron chi connectivity index (χ0n) is 21.4. The summed E-state index contributed by atoms with van der Waals surface area (Å²) >= 11 is 1.89. The Morgan fingerprint density at radius 3 is 2.59 bits per heavy atom. The number of nitrogens with one attached hydrogen (secondary N) is 1. The van der Waals surface area contributed by atoms with Gasteiger partial charge in [-0.05, 0) is 85.7 Å². The summed E-state index contributed by atoms with van der Waals surface area (Å²) in [6.45, 7) is 2.55. The quantitative estimate of drug-likeness (QED) is 0.324. The maximum Gasteiger partial charge on any atom is 0.323 e. The molecule has 6 rings (SSSR count). The summed E-state index contributed by atoms with van der Waals surface area (Å²) in [5, 5.41) is 4.42. The van der Waals surface area contributed by atoms with Crippen LogP contribution in [0.15, 0.2) is 60.8 Å². The molecular weight excluding hydrogens is 482 g/mol. The number of benzene rings is 2. The Bertz CT molecular complexity index is 1450. The van der Waals surface area contributed by atoms with E-state index in [0.29, 0.717) is 18.0 Å². The van der Waals surface area contributed by atoms with Gasteiger partial charge in [0, 0.05) is 16.6 Å². The van der Waals surface area contributed by atoms with Gasteiger partial charge in [-0.15, -0.1) is 11.3 Å². The molecule has 1 atom stereocenters. The lowest BCUT2D eigenvalue weighted by atomic mass is 9.95. The molecule has 7 heteroatoms. The fourth-order valence-corrected chi connectivity index (χ4v) is 7.03. The first kappa shape index (κ1) is 23.7. The van der Waals surface area contributed by atoms with Crippen LogP contribution in [0.2, 0.25) is 0 Å². The van der Waals surface area contributed by atoms with Crippen molar-refractivity contribution < 1.29 is 14.3 Å². The maximum atomic E-state index is 14.2. The minimum atomic E-state index is -0.268. The highest BCUT2D eigenvalue weighted by molar-refractivity contribution is 7.15. The Hall–Kier alpha value is -3.71. The Labute approximate surface area is 221 Å². The third-order valence-electron chi connectivity index (χ3n) is 7.47. The molecule has 1 N–H and O–H groups in total. The summed E-state index contributed by atoms with van der Waals surface area (Å²) in [6.07, 6.45) is 6.77. The number of carbonyl (C=O) groups is 1. The lowest BCUT2D eigenvalue weighted by Gasteiger charge is -2.31. The number of urea groups is 1. The highest BCUT2D eigenvalue weighted by atomic mass is 32.1. The molecule has 6 nitrogen and oxygen atoms in total. The van der Waals surface area contributed by atoms with Crippen LogP contribution >= 0.6 is 11.3 Å². The summed E-state index contributed by atoms with van der Waals surface area (Å²) in [5.41, 5.74) is 6.56. The highest BCUT2D eigenvalue weighted by Crippen LogP contribution is 2.44. The van der Waals surface area contributed by atoms with Crippen molar-refractivity contribution in [1.82, 2.24) is 9.47 Å². The molecule has 37 heavy (non-hydrogen) atoms. The van der Waals surface area contributed by atoms with Gasteiger partial charge in [-0.2, -0.15) is 0 Å². The summed E-state index contributed by atoms with van der Waals surface area (Å²) in [5.74, 6) is 1.44. The van der Waals surface area contributed by atoms with Crippen molar-refractivity contribution in [3.8, 4) is 16.5 Å². The van der Waals surface area contributed by atoms with Crippen LogP contribution in [0.4, 0.5) is 10.5 Å². The average molecular weight is 514 g/mol. The van der Waals surface area contributed by atoms with Crippen LogP contribution in [-0.2, 0) is 19.4 Å². The van der Waals surface area contributed by atoms with Gasteiger partial charge < -0.3 is 24.3 Å². The number of hydrogen-bond donors (Lipinski definition) is 1. The number of nitrogens with zero attached hydrogens (tertiary/aromatic N) is 2. The molecule has 2 aromatic carbocycles. The standard InChI is InChI=1S/C30H31N3O3S/c1-19-10-15-26(36-3)24(17-19)31-30(34)33-18-23-22-7-4-5-9-27(22)37-29(23)32-16-6-8-25(32)28(33)20-11-13-21(35-2)14-12-20/h6,8,10-17,28H,4-5,7,9,18H2,1-3H3,(H,31,34)/t28-/m1/s1. The largest absolute Gasteiger partial charge is 0.497 e. The van der Waals surface area contributed by atoms with Crippen molar-refractivity contribution in [1.29, 1.82) is 0 Å². The second-order valence-electron chi connectivity index (χ2n) is 9.74. The number of thiophene rings is 1. The third-order valence-corrected chi connectivity index (χ3v) is 8.80. The van der Waals surface area contributed by atoms with Crippen molar-refractivity contribution in [3.63, 3.8) is 0 Å². The number of aromatic nitrogens is 1.